The van der Waals surface area contributed by atoms with Gasteiger partial charge in [0, 0.05) is 22.5 Å². The molecule has 0 aliphatic carbocycles. The summed E-state index contributed by atoms with van der Waals surface area (Å²) >= 11 is 7.74. The molecule has 0 amide bonds. The van der Waals surface area contributed by atoms with E-state index in [1.165, 1.54) is 16.0 Å². The first-order valence-corrected chi connectivity index (χ1v) is 7.98. The Hall–Kier alpha value is -0.830. The molecule has 1 heterocycles. The van der Waals surface area contributed by atoms with Gasteiger partial charge < -0.3 is 5.32 Å². The predicted molar refractivity (Wildman–Crippen MR) is 85.2 cm³/mol. The van der Waals surface area contributed by atoms with E-state index in [1.807, 2.05) is 23.5 Å². The molecule has 2 rings (SSSR count). The number of thiophene rings is 1. The lowest BCUT2D eigenvalue weighted by atomic mass is 10.1. The smallest absolute Gasteiger partial charge is 0.0406 e. The summed E-state index contributed by atoms with van der Waals surface area (Å²) < 4.78 is 0. The number of benzene rings is 1. The van der Waals surface area contributed by atoms with Crippen LogP contribution in [0.25, 0.3) is 0 Å². The van der Waals surface area contributed by atoms with Gasteiger partial charge in [0.25, 0.3) is 0 Å². The van der Waals surface area contributed by atoms with Gasteiger partial charge in [-0.1, -0.05) is 30.7 Å². The SMILES string of the molecule is CCc1ccsc1CNC(C)Cc1ccc(Cl)cc1. The fourth-order valence-corrected chi connectivity index (χ4v) is 3.20. The Kier molecular flexibility index (Phi) is 5.44. The fraction of sp³-hybridized carbons (Fsp3) is 0.375. The van der Waals surface area contributed by atoms with Crippen molar-refractivity contribution in [3.63, 3.8) is 0 Å². The van der Waals surface area contributed by atoms with Gasteiger partial charge in [0.1, 0.15) is 0 Å². The van der Waals surface area contributed by atoms with Crippen LogP contribution in [0.1, 0.15) is 29.9 Å². The minimum absolute atomic E-state index is 0.466. The van der Waals surface area contributed by atoms with E-state index in [0.717, 1.165) is 24.4 Å². The van der Waals surface area contributed by atoms with Gasteiger partial charge in [-0.25, -0.2) is 0 Å². The van der Waals surface area contributed by atoms with Gasteiger partial charge in [-0.2, -0.15) is 0 Å². The zero-order chi connectivity index (χ0) is 13.7. The van der Waals surface area contributed by atoms with Crippen LogP contribution in [0.5, 0.6) is 0 Å². The van der Waals surface area contributed by atoms with Crippen LogP contribution >= 0.6 is 22.9 Å². The third-order valence-corrected chi connectivity index (χ3v) is 4.50. The minimum Gasteiger partial charge on any atom is -0.309 e. The molecule has 1 unspecified atom stereocenters. The highest BCUT2D eigenvalue weighted by Gasteiger charge is 2.06. The van der Waals surface area contributed by atoms with Crippen molar-refractivity contribution < 1.29 is 0 Å². The number of rotatable bonds is 6. The standard InChI is InChI=1S/C16H20ClNS/c1-3-14-8-9-19-16(14)11-18-12(2)10-13-4-6-15(17)7-5-13/h4-9,12,18H,3,10-11H2,1-2H3. The van der Waals surface area contributed by atoms with E-state index >= 15 is 0 Å². The van der Waals surface area contributed by atoms with Crippen molar-refractivity contribution in [1.82, 2.24) is 5.32 Å². The molecular weight excluding hydrogens is 274 g/mol. The van der Waals surface area contributed by atoms with Crippen LogP contribution in [0.15, 0.2) is 35.7 Å². The highest BCUT2D eigenvalue weighted by atomic mass is 35.5. The Bertz CT molecular complexity index is 504. The van der Waals surface area contributed by atoms with E-state index in [1.54, 1.807) is 0 Å². The molecule has 0 saturated heterocycles. The average molecular weight is 294 g/mol. The van der Waals surface area contributed by atoms with Crippen LogP contribution in [-0.2, 0) is 19.4 Å². The van der Waals surface area contributed by atoms with Gasteiger partial charge >= 0.3 is 0 Å². The van der Waals surface area contributed by atoms with E-state index < -0.39 is 0 Å². The summed E-state index contributed by atoms with van der Waals surface area (Å²) in [4.78, 5) is 1.46. The normalized spacial score (nSPS) is 12.6. The molecule has 102 valence electrons. The number of halogens is 1. The molecule has 19 heavy (non-hydrogen) atoms. The zero-order valence-electron chi connectivity index (χ0n) is 11.4. The third kappa shape index (κ3) is 4.34. The summed E-state index contributed by atoms with van der Waals surface area (Å²) in [6.45, 7) is 5.41. The Labute approximate surface area is 124 Å². The number of hydrogen-bond acceptors (Lipinski definition) is 2. The summed E-state index contributed by atoms with van der Waals surface area (Å²) in [5.74, 6) is 0. The zero-order valence-corrected chi connectivity index (χ0v) is 13.0. The van der Waals surface area contributed by atoms with Gasteiger partial charge in [0.15, 0.2) is 0 Å². The molecule has 2 aromatic rings. The molecule has 0 radical (unpaired) electrons. The highest BCUT2D eigenvalue weighted by molar-refractivity contribution is 7.10. The lowest BCUT2D eigenvalue weighted by Gasteiger charge is -2.14. The van der Waals surface area contributed by atoms with Gasteiger partial charge in [-0.05, 0) is 54.5 Å². The minimum atomic E-state index is 0.466. The lowest BCUT2D eigenvalue weighted by Crippen LogP contribution is -2.27. The Morgan fingerprint density at radius 1 is 1.21 bits per heavy atom. The molecule has 0 aliphatic heterocycles. The first kappa shape index (κ1) is 14.6. The molecule has 1 atom stereocenters. The van der Waals surface area contributed by atoms with Crippen molar-refractivity contribution >= 4 is 22.9 Å². The second-order valence-corrected chi connectivity index (χ2v) is 6.27. The maximum absolute atomic E-state index is 5.90. The van der Waals surface area contributed by atoms with Crippen LogP contribution in [0, 0.1) is 0 Å². The summed E-state index contributed by atoms with van der Waals surface area (Å²) in [7, 11) is 0. The molecule has 0 saturated carbocycles. The third-order valence-electron chi connectivity index (χ3n) is 3.28. The van der Waals surface area contributed by atoms with E-state index in [9.17, 15) is 0 Å². The molecule has 0 aliphatic rings. The number of hydrogen-bond donors (Lipinski definition) is 1. The van der Waals surface area contributed by atoms with Crippen LogP contribution in [0.2, 0.25) is 5.02 Å². The Balaban J connectivity index is 1.84. The molecule has 0 bridgehead atoms. The summed E-state index contributed by atoms with van der Waals surface area (Å²) in [5, 5.41) is 6.58. The molecule has 0 spiro atoms. The van der Waals surface area contributed by atoms with Crippen LogP contribution in [0.3, 0.4) is 0 Å². The van der Waals surface area contributed by atoms with Crippen LogP contribution in [-0.4, -0.2) is 6.04 Å². The maximum Gasteiger partial charge on any atom is 0.0406 e. The lowest BCUT2D eigenvalue weighted by molar-refractivity contribution is 0.547. The maximum atomic E-state index is 5.90. The van der Waals surface area contributed by atoms with Crippen molar-refractivity contribution in [2.75, 3.05) is 0 Å². The second-order valence-electron chi connectivity index (χ2n) is 4.84. The quantitative estimate of drug-likeness (QED) is 0.815. The van der Waals surface area contributed by atoms with Crippen molar-refractivity contribution in [1.29, 1.82) is 0 Å². The summed E-state index contributed by atoms with van der Waals surface area (Å²) in [6.07, 6.45) is 2.15. The van der Waals surface area contributed by atoms with Gasteiger partial charge in [-0.3, -0.25) is 0 Å². The van der Waals surface area contributed by atoms with Gasteiger partial charge in [0.2, 0.25) is 0 Å². The Morgan fingerprint density at radius 3 is 2.63 bits per heavy atom. The van der Waals surface area contributed by atoms with Gasteiger partial charge in [0.05, 0.1) is 0 Å². The van der Waals surface area contributed by atoms with Crippen molar-refractivity contribution in [3.05, 3.63) is 56.7 Å². The molecule has 3 heteroatoms. The predicted octanol–water partition coefficient (Wildman–Crippen LogP) is 4.68. The molecular formula is C16H20ClNS. The highest BCUT2D eigenvalue weighted by Crippen LogP contribution is 2.17. The van der Waals surface area contributed by atoms with E-state index in [0.29, 0.717) is 6.04 Å². The number of aryl methyl sites for hydroxylation is 1. The molecule has 1 N–H and O–H groups in total. The monoisotopic (exact) mass is 293 g/mol. The second kappa shape index (κ2) is 7.09. The topological polar surface area (TPSA) is 12.0 Å². The first-order valence-electron chi connectivity index (χ1n) is 6.72. The average Bonchev–Trinajstić information content (AvgIpc) is 2.86. The summed E-state index contributed by atoms with van der Waals surface area (Å²) in [6, 6.07) is 10.8. The van der Waals surface area contributed by atoms with Gasteiger partial charge in [-0.15, -0.1) is 11.3 Å². The van der Waals surface area contributed by atoms with Crippen molar-refractivity contribution in [3.8, 4) is 0 Å². The largest absolute Gasteiger partial charge is 0.309 e. The molecule has 0 fully saturated rings. The molecule has 1 aromatic carbocycles. The first-order chi connectivity index (χ1) is 9.19. The van der Waals surface area contributed by atoms with Crippen molar-refractivity contribution in [2.24, 2.45) is 0 Å². The van der Waals surface area contributed by atoms with Crippen LogP contribution in [0.4, 0.5) is 0 Å². The Morgan fingerprint density at radius 2 is 1.95 bits per heavy atom. The van der Waals surface area contributed by atoms with E-state index in [-0.39, 0.29) is 0 Å². The molecule has 1 nitrogen and oxygen atoms in total. The van der Waals surface area contributed by atoms with E-state index in [2.05, 4.69) is 42.7 Å². The van der Waals surface area contributed by atoms with E-state index in [4.69, 9.17) is 11.6 Å². The number of nitrogens with one attached hydrogen (secondary N) is 1. The molecule has 1 aromatic heterocycles. The summed E-state index contributed by atoms with van der Waals surface area (Å²) in [5.41, 5.74) is 2.79. The van der Waals surface area contributed by atoms with Crippen molar-refractivity contribution in [2.45, 2.75) is 39.3 Å². The fourth-order valence-electron chi connectivity index (χ4n) is 2.15. The van der Waals surface area contributed by atoms with Crippen LogP contribution < -0.4 is 5.32 Å².